The Kier molecular flexibility index (Phi) is 2.88. The summed E-state index contributed by atoms with van der Waals surface area (Å²) in [5.74, 6) is 0.892. The molecule has 0 atom stereocenters. The van der Waals surface area contributed by atoms with Crippen molar-refractivity contribution >= 4 is 10.8 Å². The number of rotatable bonds is 3. The molecule has 0 spiro atoms. The third-order valence-electron chi connectivity index (χ3n) is 2.53. The molecule has 1 N–H and O–H groups in total. The summed E-state index contributed by atoms with van der Waals surface area (Å²) < 4.78 is 5.28. The fraction of sp³-hybridized carbons (Fsp3) is 0.231. The highest BCUT2D eigenvalue weighted by Gasteiger charge is 2.01. The van der Waals surface area contributed by atoms with Gasteiger partial charge in [0, 0.05) is 12.0 Å². The normalized spacial score (nSPS) is 10.5. The molecule has 0 heterocycles. The predicted octanol–water partition coefficient (Wildman–Crippen LogP) is 2.38. The van der Waals surface area contributed by atoms with E-state index >= 15 is 0 Å². The highest BCUT2D eigenvalue weighted by molar-refractivity contribution is 5.88. The number of hydrogen-bond donors (Lipinski definition) is 1. The number of methoxy groups -OCH3 is 1. The molecule has 15 heavy (non-hydrogen) atoms. The SMILES string of the molecule is COc1cccc2cc(CCO)ccc12. The lowest BCUT2D eigenvalue weighted by atomic mass is 10.0. The molecule has 0 aromatic heterocycles. The van der Waals surface area contributed by atoms with Crippen LogP contribution < -0.4 is 4.74 Å². The summed E-state index contributed by atoms with van der Waals surface area (Å²) in [6, 6.07) is 12.1. The van der Waals surface area contributed by atoms with Gasteiger partial charge in [-0.1, -0.05) is 30.3 Å². The van der Waals surface area contributed by atoms with E-state index in [4.69, 9.17) is 9.84 Å². The molecule has 2 aromatic carbocycles. The van der Waals surface area contributed by atoms with E-state index in [1.807, 2.05) is 24.3 Å². The maximum atomic E-state index is 8.87. The van der Waals surface area contributed by atoms with Crippen molar-refractivity contribution in [2.45, 2.75) is 6.42 Å². The van der Waals surface area contributed by atoms with Crippen LogP contribution in [0.1, 0.15) is 5.56 Å². The molecule has 0 radical (unpaired) electrons. The number of ether oxygens (including phenoxy) is 1. The highest BCUT2D eigenvalue weighted by Crippen LogP contribution is 2.25. The Morgan fingerprint density at radius 1 is 1.20 bits per heavy atom. The quantitative estimate of drug-likeness (QED) is 0.828. The average Bonchev–Trinajstić information content (AvgIpc) is 2.28. The van der Waals surface area contributed by atoms with Gasteiger partial charge in [-0.05, 0) is 23.4 Å². The summed E-state index contributed by atoms with van der Waals surface area (Å²) in [5, 5.41) is 11.1. The zero-order valence-electron chi connectivity index (χ0n) is 8.73. The van der Waals surface area contributed by atoms with Gasteiger partial charge in [0.2, 0.25) is 0 Å². The molecule has 2 aromatic rings. The van der Waals surface area contributed by atoms with E-state index in [-0.39, 0.29) is 6.61 Å². The van der Waals surface area contributed by atoms with Crippen molar-refractivity contribution in [3.63, 3.8) is 0 Å². The molecule has 0 saturated carbocycles. The third-order valence-corrected chi connectivity index (χ3v) is 2.53. The number of hydrogen-bond acceptors (Lipinski definition) is 2. The van der Waals surface area contributed by atoms with E-state index < -0.39 is 0 Å². The molecule has 2 nitrogen and oxygen atoms in total. The van der Waals surface area contributed by atoms with Crippen LogP contribution in [0.25, 0.3) is 10.8 Å². The van der Waals surface area contributed by atoms with Gasteiger partial charge in [0.1, 0.15) is 5.75 Å². The zero-order valence-corrected chi connectivity index (χ0v) is 8.73. The van der Waals surface area contributed by atoms with Crippen LogP contribution >= 0.6 is 0 Å². The molecule has 0 saturated heterocycles. The van der Waals surface area contributed by atoms with Crippen LogP contribution in [0.3, 0.4) is 0 Å². The van der Waals surface area contributed by atoms with Crippen molar-refractivity contribution in [2.24, 2.45) is 0 Å². The fourth-order valence-electron chi connectivity index (χ4n) is 1.77. The molecular weight excluding hydrogens is 188 g/mol. The van der Waals surface area contributed by atoms with Crippen molar-refractivity contribution in [2.75, 3.05) is 13.7 Å². The van der Waals surface area contributed by atoms with Crippen molar-refractivity contribution in [3.05, 3.63) is 42.0 Å². The minimum atomic E-state index is 0.190. The maximum absolute atomic E-state index is 8.87. The van der Waals surface area contributed by atoms with Gasteiger partial charge in [-0.25, -0.2) is 0 Å². The van der Waals surface area contributed by atoms with Crippen LogP contribution in [-0.4, -0.2) is 18.8 Å². The highest BCUT2D eigenvalue weighted by atomic mass is 16.5. The molecule has 2 rings (SSSR count). The molecule has 0 aliphatic heterocycles. The van der Waals surface area contributed by atoms with Crippen LogP contribution in [-0.2, 0) is 6.42 Å². The van der Waals surface area contributed by atoms with Crippen LogP contribution in [0.5, 0.6) is 5.75 Å². The molecule has 0 fully saturated rings. The standard InChI is InChI=1S/C13H14O2/c1-15-13-4-2-3-11-9-10(7-8-14)5-6-12(11)13/h2-6,9,14H,7-8H2,1H3. The number of aliphatic hydroxyl groups is 1. The molecule has 2 heteroatoms. The van der Waals surface area contributed by atoms with Crippen LogP contribution in [0.2, 0.25) is 0 Å². The Bertz CT molecular complexity index is 463. The van der Waals surface area contributed by atoms with Crippen molar-refractivity contribution in [1.29, 1.82) is 0 Å². The van der Waals surface area contributed by atoms with Crippen molar-refractivity contribution in [3.8, 4) is 5.75 Å². The summed E-state index contributed by atoms with van der Waals surface area (Å²) in [5.41, 5.74) is 1.15. The third kappa shape index (κ3) is 1.95. The van der Waals surface area contributed by atoms with Gasteiger partial charge in [-0.2, -0.15) is 0 Å². The second-order valence-electron chi connectivity index (χ2n) is 3.49. The van der Waals surface area contributed by atoms with Crippen LogP contribution in [0, 0.1) is 0 Å². The van der Waals surface area contributed by atoms with Gasteiger partial charge >= 0.3 is 0 Å². The minimum Gasteiger partial charge on any atom is -0.496 e. The topological polar surface area (TPSA) is 29.5 Å². The molecule has 0 aliphatic carbocycles. The van der Waals surface area contributed by atoms with E-state index in [9.17, 15) is 0 Å². The summed E-state index contributed by atoms with van der Waals surface area (Å²) in [4.78, 5) is 0. The molecule has 0 aliphatic rings. The Labute approximate surface area is 89.1 Å². The smallest absolute Gasteiger partial charge is 0.126 e. The first-order chi connectivity index (χ1) is 7.35. The summed E-state index contributed by atoms with van der Waals surface area (Å²) in [6.45, 7) is 0.190. The molecule has 0 unspecified atom stereocenters. The fourth-order valence-corrected chi connectivity index (χ4v) is 1.77. The second-order valence-corrected chi connectivity index (χ2v) is 3.49. The van der Waals surface area contributed by atoms with Gasteiger partial charge in [-0.15, -0.1) is 0 Å². The van der Waals surface area contributed by atoms with Gasteiger partial charge in [0.25, 0.3) is 0 Å². The maximum Gasteiger partial charge on any atom is 0.126 e. The lowest BCUT2D eigenvalue weighted by molar-refractivity contribution is 0.299. The van der Waals surface area contributed by atoms with E-state index in [0.717, 1.165) is 22.1 Å². The molecule has 78 valence electrons. The summed E-state index contributed by atoms with van der Waals surface area (Å²) in [7, 11) is 1.68. The Hall–Kier alpha value is -1.54. The first-order valence-corrected chi connectivity index (χ1v) is 5.01. The Morgan fingerprint density at radius 2 is 2.07 bits per heavy atom. The van der Waals surface area contributed by atoms with E-state index in [1.165, 1.54) is 0 Å². The monoisotopic (exact) mass is 202 g/mol. The van der Waals surface area contributed by atoms with Gasteiger partial charge in [-0.3, -0.25) is 0 Å². The van der Waals surface area contributed by atoms with Gasteiger partial charge < -0.3 is 9.84 Å². The first kappa shape index (κ1) is 9.99. The van der Waals surface area contributed by atoms with Crippen molar-refractivity contribution < 1.29 is 9.84 Å². The van der Waals surface area contributed by atoms with E-state index in [0.29, 0.717) is 6.42 Å². The average molecular weight is 202 g/mol. The zero-order chi connectivity index (χ0) is 10.7. The Morgan fingerprint density at radius 3 is 2.80 bits per heavy atom. The molecule has 0 amide bonds. The van der Waals surface area contributed by atoms with Gasteiger partial charge in [0.05, 0.1) is 7.11 Å². The number of aliphatic hydroxyl groups excluding tert-OH is 1. The molecular formula is C13H14O2. The number of fused-ring (bicyclic) bond motifs is 1. The van der Waals surface area contributed by atoms with Crippen LogP contribution in [0.15, 0.2) is 36.4 Å². The van der Waals surface area contributed by atoms with Gasteiger partial charge in [0.15, 0.2) is 0 Å². The first-order valence-electron chi connectivity index (χ1n) is 5.01. The van der Waals surface area contributed by atoms with E-state index in [2.05, 4.69) is 12.1 Å². The summed E-state index contributed by atoms with van der Waals surface area (Å²) in [6.07, 6.45) is 0.702. The van der Waals surface area contributed by atoms with Crippen LogP contribution in [0.4, 0.5) is 0 Å². The minimum absolute atomic E-state index is 0.190. The molecule has 0 bridgehead atoms. The largest absolute Gasteiger partial charge is 0.496 e. The lowest BCUT2D eigenvalue weighted by Gasteiger charge is -2.06. The second kappa shape index (κ2) is 4.32. The lowest BCUT2D eigenvalue weighted by Crippen LogP contribution is -1.91. The van der Waals surface area contributed by atoms with E-state index in [1.54, 1.807) is 7.11 Å². The van der Waals surface area contributed by atoms with Crippen molar-refractivity contribution in [1.82, 2.24) is 0 Å². The number of benzene rings is 2. The predicted molar refractivity (Wildman–Crippen MR) is 61.3 cm³/mol. The Balaban J connectivity index is 2.53. The summed E-state index contributed by atoms with van der Waals surface area (Å²) >= 11 is 0.